The van der Waals surface area contributed by atoms with Gasteiger partial charge in [-0.2, -0.15) is 0 Å². The largest absolute Gasteiger partial charge is 0.358 e. The Morgan fingerprint density at radius 3 is 2.44 bits per heavy atom. The van der Waals surface area contributed by atoms with Gasteiger partial charge < -0.3 is 10.2 Å². The van der Waals surface area contributed by atoms with Crippen molar-refractivity contribution in [2.24, 2.45) is 0 Å². The van der Waals surface area contributed by atoms with Crippen molar-refractivity contribution in [1.29, 1.82) is 0 Å². The van der Waals surface area contributed by atoms with Crippen molar-refractivity contribution in [2.75, 3.05) is 37.0 Å². The highest BCUT2D eigenvalue weighted by Crippen LogP contribution is 2.40. The van der Waals surface area contributed by atoms with Crippen LogP contribution in [0.4, 0.5) is 11.4 Å². The summed E-state index contributed by atoms with van der Waals surface area (Å²) in [5, 5.41) is 2.90. The molecule has 2 aromatic carbocycles. The first-order chi connectivity index (χ1) is 16.2. The van der Waals surface area contributed by atoms with E-state index in [0.717, 1.165) is 47.8 Å². The van der Waals surface area contributed by atoms with E-state index in [0.29, 0.717) is 12.2 Å². The number of hydrogen-bond donors (Lipinski definition) is 1. The normalized spacial score (nSPS) is 18.0. The molecule has 1 saturated heterocycles. The predicted molar refractivity (Wildman–Crippen MR) is 132 cm³/mol. The zero-order chi connectivity index (χ0) is 24.5. The van der Waals surface area contributed by atoms with Crippen LogP contribution in [-0.4, -0.2) is 57.8 Å². The Morgan fingerprint density at radius 1 is 1.06 bits per heavy atom. The van der Waals surface area contributed by atoms with E-state index < -0.39 is 10.0 Å². The number of carbonyl (C=O) groups excluding carboxylic acids is 2. The number of anilines is 2. The molecule has 0 saturated carbocycles. The number of amides is 2. The van der Waals surface area contributed by atoms with Crippen LogP contribution in [0.2, 0.25) is 0 Å². The smallest absolute Gasteiger partial charge is 0.250 e. The van der Waals surface area contributed by atoms with E-state index in [9.17, 15) is 18.0 Å². The highest BCUT2D eigenvalue weighted by atomic mass is 32.2. The number of nitrogens with one attached hydrogen (secondary N) is 1. The van der Waals surface area contributed by atoms with Crippen LogP contribution in [0.25, 0.3) is 0 Å². The maximum absolute atomic E-state index is 13.4. The minimum Gasteiger partial charge on any atom is -0.358 e. The molecule has 0 spiro atoms. The molecule has 0 aromatic heterocycles. The average Bonchev–Trinajstić information content (AvgIpc) is 2.85. The minimum absolute atomic E-state index is 0.0981. The number of carbonyl (C=O) groups is 2. The molecule has 1 fully saturated rings. The lowest BCUT2D eigenvalue weighted by Crippen LogP contribution is -2.57. The van der Waals surface area contributed by atoms with Crippen LogP contribution in [0.5, 0.6) is 0 Å². The molecule has 0 aliphatic carbocycles. The summed E-state index contributed by atoms with van der Waals surface area (Å²) in [6.45, 7) is 3.03. The van der Waals surface area contributed by atoms with E-state index in [1.165, 1.54) is 30.6 Å². The number of fused-ring (bicyclic) bond motifs is 3. The summed E-state index contributed by atoms with van der Waals surface area (Å²) in [6.07, 6.45) is 3.59. The monoisotopic (exact) mass is 484 g/mol. The maximum atomic E-state index is 13.4. The minimum atomic E-state index is -3.68. The second-order valence-electron chi connectivity index (χ2n) is 9.01. The second-order valence-corrected chi connectivity index (χ2v) is 11.2. The van der Waals surface area contributed by atoms with E-state index in [4.69, 9.17) is 0 Å². The number of benzene rings is 2. The van der Waals surface area contributed by atoms with Gasteiger partial charge in [-0.1, -0.05) is 31.2 Å². The van der Waals surface area contributed by atoms with Gasteiger partial charge in [0.05, 0.1) is 16.3 Å². The van der Waals surface area contributed by atoms with Crippen molar-refractivity contribution < 1.29 is 18.0 Å². The topological polar surface area (TPSA) is 90.0 Å². The van der Waals surface area contributed by atoms with Crippen molar-refractivity contribution in [2.45, 2.75) is 50.1 Å². The first-order valence-electron chi connectivity index (χ1n) is 11.7. The summed E-state index contributed by atoms with van der Waals surface area (Å²) >= 11 is 0. The molecule has 2 aliphatic rings. The number of piperidine rings is 1. The quantitative estimate of drug-likeness (QED) is 0.652. The van der Waals surface area contributed by atoms with E-state index in [1.807, 2.05) is 24.3 Å². The Labute approximate surface area is 201 Å². The Bertz CT molecular complexity index is 1180. The number of rotatable bonds is 7. The highest BCUT2D eigenvalue weighted by Gasteiger charge is 2.40. The molecule has 0 radical (unpaired) electrons. The van der Waals surface area contributed by atoms with Gasteiger partial charge in [0.1, 0.15) is 12.6 Å². The molecule has 9 heteroatoms. The fourth-order valence-electron chi connectivity index (χ4n) is 4.56. The molecule has 1 atom stereocenters. The van der Waals surface area contributed by atoms with Gasteiger partial charge in [-0.25, -0.2) is 12.7 Å². The highest BCUT2D eigenvalue weighted by molar-refractivity contribution is 7.89. The molecule has 182 valence electrons. The fourth-order valence-corrected chi connectivity index (χ4v) is 5.49. The molecule has 0 bridgehead atoms. The van der Waals surface area contributed by atoms with E-state index >= 15 is 0 Å². The van der Waals surface area contributed by atoms with Gasteiger partial charge in [-0.05, 0) is 55.0 Å². The number of nitrogens with zero attached hydrogens (tertiary/aromatic N) is 3. The summed E-state index contributed by atoms with van der Waals surface area (Å²) in [4.78, 5) is 29.9. The van der Waals surface area contributed by atoms with Crippen molar-refractivity contribution >= 4 is 33.2 Å². The van der Waals surface area contributed by atoms with Crippen LogP contribution in [0.15, 0.2) is 47.4 Å². The van der Waals surface area contributed by atoms with Crippen LogP contribution in [0.1, 0.15) is 37.3 Å². The summed E-state index contributed by atoms with van der Waals surface area (Å²) < 4.78 is 26.6. The van der Waals surface area contributed by atoms with Crippen LogP contribution < -0.4 is 15.1 Å². The van der Waals surface area contributed by atoms with Crippen molar-refractivity contribution in [3.63, 3.8) is 0 Å². The molecular formula is C25H32N4O4S. The molecule has 8 nitrogen and oxygen atoms in total. The lowest BCUT2D eigenvalue weighted by molar-refractivity contribution is -0.125. The fraction of sp³-hybridized carbons (Fsp3) is 0.440. The van der Waals surface area contributed by atoms with E-state index in [2.05, 4.69) is 17.1 Å². The van der Waals surface area contributed by atoms with Gasteiger partial charge in [0.25, 0.3) is 0 Å². The van der Waals surface area contributed by atoms with Crippen LogP contribution in [0.3, 0.4) is 0 Å². The van der Waals surface area contributed by atoms with Gasteiger partial charge in [0, 0.05) is 27.2 Å². The standard InChI is InChI=1S/C25H32N4O4S/c1-4-18-8-10-19(11-9-18)16-26-24(30)17-29-23-15-20(34(32,33)27(2)3)12-13-21(23)28-14-6-5-7-22(28)25(29)31/h8-13,15,22H,4-7,14,16-17H2,1-3H3,(H,26,30)/t22-/m1/s1. The molecule has 34 heavy (non-hydrogen) atoms. The molecule has 2 aromatic rings. The molecule has 0 unspecified atom stereocenters. The molecule has 1 N–H and O–H groups in total. The van der Waals surface area contributed by atoms with Gasteiger partial charge >= 0.3 is 0 Å². The Hall–Kier alpha value is -2.91. The lowest BCUT2D eigenvalue weighted by Gasteiger charge is -2.45. The molecular weight excluding hydrogens is 452 g/mol. The zero-order valence-corrected chi connectivity index (χ0v) is 20.8. The first kappa shape index (κ1) is 24.2. The third-order valence-electron chi connectivity index (χ3n) is 6.60. The lowest BCUT2D eigenvalue weighted by atomic mass is 9.96. The first-order valence-corrected chi connectivity index (χ1v) is 13.2. The van der Waals surface area contributed by atoms with Gasteiger partial charge in [0.15, 0.2) is 0 Å². The zero-order valence-electron chi connectivity index (χ0n) is 20.0. The molecule has 2 heterocycles. The Balaban J connectivity index is 1.60. The van der Waals surface area contributed by atoms with Gasteiger partial charge in [-0.3, -0.25) is 14.5 Å². The average molecular weight is 485 g/mol. The third-order valence-corrected chi connectivity index (χ3v) is 8.41. The van der Waals surface area contributed by atoms with Crippen molar-refractivity contribution in [3.05, 3.63) is 53.6 Å². The number of hydrogen-bond acceptors (Lipinski definition) is 5. The second kappa shape index (κ2) is 9.76. The van der Waals surface area contributed by atoms with Crippen molar-refractivity contribution in [3.8, 4) is 0 Å². The summed E-state index contributed by atoms with van der Waals surface area (Å²) in [5.41, 5.74) is 3.47. The molecule has 4 rings (SSSR count). The number of aryl methyl sites for hydroxylation is 1. The van der Waals surface area contributed by atoms with Gasteiger partial charge in [-0.15, -0.1) is 0 Å². The van der Waals surface area contributed by atoms with Crippen LogP contribution in [0, 0.1) is 0 Å². The summed E-state index contributed by atoms with van der Waals surface area (Å²) in [7, 11) is -0.743. The molecule has 2 aliphatic heterocycles. The Morgan fingerprint density at radius 2 is 1.76 bits per heavy atom. The SMILES string of the molecule is CCc1ccc(CNC(=O)CN2C(=O)[C@H]3CCCCN3c3ccc(S(=O)(=O)N(C)C)cc32)cc1. The van der Waals surface area contributed by atoms with Gasteiger partial charge in [0.2, 0.25) is 21.8 Å². The van der Waals surface area contributed by atoms with E-state index in [1.54, 1.807) is 12.1 Å². The Kier molecular flexibility index (Phi) is 6.95. The van der Waals surface area contributed by atoms with Crippen LogP contribution >= 0.6 is 0 Å². The number of sulfonamides is 1. The third kappa shape index (κ3) is 4.67. The summed E-state index contributed by atoms with van der Waals surface area (Å²) in [6, 6.07) is 12.6. The maximum Gasteiger partial charge on any atom is 0.250 e. The molecule has 2 amide bonds. The van der Waals surface area contributed by atoms with Crippen LogP contribution in [-0.2, 0) is 32.6 Å². The predicted octanol–water partition coefficient (Wildman–Crippen LogP) is 2.52. The summed E-state index contributed by atoms with van der Waals surface area (Å²) in [5.74, 6) is -0.446. The van der Waals surface area contributed by atoms with E-state index in [-0.39, 0.29) is 29.3 Å². The van der Waals surface area contributed by atoms with Crippen molar-refractivity contribution in [1.82, 2.24) is 9.62 Å².